The summed E-state index contributed by atoms with van der Waals surface area (Å²) in [6.45, 7) is 2.47. The molecule has 1 heterocycles. The zero-order chi connectivity index (χ0) is 11.3. The number of carbonyl (C=O) groups is 1. The molecule has 1 unspecified atom stereocenters. The van der Waals surface area contributed by atoms with E-state index in [1.807, 2.05) is 6.92 Å². The molecule has 0 radical (unpaired) electrons. The summed E-state index contributed by atoms with van der Waals surface area (Å²) in [4.78, 5) is 11.1. The Bertz CT molecular complexity index is 311. The van der Waals surface area contributed by atoms with Gasteiger partial charge in [0.1, 0.15) is 0 Å². The number of sulfone groups is 1. The van der Waals surface area contributed by atoms with E-state index in [2.05, 4.69) is 5.32 Å². The van der Waals surface area contributed by atoms with Crippen LogP contribution in [-0.2, 0) is 14.6 Å². The normalized spacial score (nSPS) is 23.3. The quantitative estimate of drug-likeness (QED) is 0.783. The Morgan fingerprint density at radius 2 is 2.13 bits per heavy atom. The number of amides is 1. The SMILES string of the molecule is CCCCS(=O)(=O)C1CCNC(=O)CC1. The molecule has 0 aromatic rings. The Balaban J connectivity index is 2.57. The molecule has 1 amide bonds. The van der Waals surface area contributed by atoms with Crippen molar-refractivity contribution in [2.24, 2.45) is 0 Å². The Kier molecular flexibility index (Phi) is 4.57. The van der Waals surface area contributed by atoms with Gasteiger partial charge < -0.3 is 5.32 Å². The Morgan fingerprint density at radius 3 is 2.80 bits per heavy atom. The van der Waals surface area contributed by atoms with Crippen LogP contribution in [0.15, 0.2) is 0 Å². The third-order valence-corrected chi connectivity index (χ3v) is 5.12. The molecule has 88 valence electrons. The molecule has 0 saturated carbocycles. The average molecular weight is 233 g/mol. The fourth-order valence-electron chi connectivity index (χ4n) is 1.77. The van der Waals surface area contributed by atoms with Crippen LogP contribution in [-0.4, -0.2) is 31.9 Å². The van der Waals surface area contributed by atoms with E-state index >= 15 is 0 Å². The average Bonchev–Trinajstić information content (AvgIpc) is 2.40. The van der Waals surface area contributed by atoms with Crippen molar-refractivity contribution in [3.05, 3.63) is 0 Å². The van der Waals surface area contributed by atoms with E-state index in [0.29, 0.717) is 25.8 Å². The molecular formula is C10H19NO3S. The smallest absolute Gasteiger partial charge is 0.220 e. The molecule has 1 fully saturated rings. The molecule has 0 bridgehead atoms. The monoisotopic (exact) mass is 233 g/mol. The van der Waals surface area contributed by atoms with Crippen molar-refractivity contribution in [1.82, 2.24) is 5.32 Å². The third kappa shape index (κ3) is 3.81. The zero-order valence-electron chi connectivity index (χ0n) is 9.16. The molecule has 5 heteroatoms. The van der Waals surface area contributed by atoms with Gasteiger partial charge in [0.15, 0.2) is 9.84 Å². The van der Waals surface area contributed by atoms with Crippen molar-refractivity contribution in [2.45, 2.75) is 44.3 Å². The Labute approximate surface area is 91.4 Å². The molecule has 1 saturated heterocycles. The van der Waals surface area contributed by atoms with Crippen molar-refractivity contribution in [2.75, 3.05) is 12.3 Å². The minimum absolute atomic E-state index is 0.0248. The fourth-order valence-corrected chi connectivity index (χ4v) is 3.75. The van der Waals surface area contributed by atoms with Crippen LogP contribution in [0.1, 0.15) is 39.0 Å². The second-order valence-corrected chi connectivity index (χ2v) is 6.42. The van der Waals surface area contributed by atoms with Gasteiger partial charge in [0.05, 0.1) is 11.0 Å². The zero-order valence-corrected chi connectivity index (χ0v) is 9.98. The first-order valence-corrected chi connectivity index (χ1v) is 7.26. The second kappa shape index (κ2) is 5.49. The van der Waals surface area contributed by atoms with Gasteiger partial charge in [-0.3, -0.25) is 4.79 Å². The summed E-state index contributed by atoms with van der Waals surface area (Å²) in [5, 5.41) is 2.38. The summed E-state index contributed by atoms with van der Waals surface area (Å²) in [7, 11) is -2.98. The molecule has 1 atom stereocenters. The van der Waals surface area contributed by atoms with Gasteiger partial charge in [-0.15, -0.1) is 0 Å². The number of hydrogen-bond acceptors (Lipinski definition) is 3. The molecule has 0 aromatic heterocycles. The first-order chi connectivity index (χ1) is 7.06. The minimum Gasteiger partial charge on any atom is -0.356 e. The summed E-state index contributed by atoms with van der Waals surface area (Å²) in [5.74, 6) is 0.241. The van der Waals surface area contributed by atoms with Crippen molar-refractivity contribution in [3.8, 4) is 0 Å². The van der Waals surface area contributed by atoms with Crippen molar-refractivity contribution < 1.29 is 13.2 Å². The number of hydrogen-bond donors (Lipinski definition) is 1. The van der Waals surface area contributed by atoms with Crippen LogP contribution in [0.3, 0.4) is 0 Å². The van der Waals surface area contributed by atoms with Crippen LogP contribution in [0, 0.1) is 0 Å². The molecule has 4 nitrogen and oxygen atoms in total. The van der Waals surface area contributed by atoms with Gasteiger partial charge in [-0.2, -0.15) is 0 Å². The number of nitrogens with one attached hydrogen (secondary N) is 1. The lowest BCUT2D eigenvalue weighted by atomic mass is 10.2. The van der Waals surface area contributed by atoms with E-state index in [0.717, 1.165) is 12.8 Å². The number of unbranched alkanes of at least 4 members (excludes halogenated alkanes) is 1. The molecule has 0 aromatic carbocycles. The van der Waals surface area contributed by atoms with E-state index in [-0.39, 0.29) is 16.9 Å². The lowest BCUT2D eigenvalue weighted by Crippen LogP contribution is -2.25. The highest BCUT2D eigenvalue weighted by molar-refractivity contribution is 7.92. The van der Waals surface area contributed by atoms with Gasteiger partial charge in [-0.25, -0.2) is 8.42 Å². The molecular weight excluding hydrogens is 214 g/mol. The van der Waals surface area contributed by atoms with E-state index < -0.39 is 9.84 Å². The van der Waals surface area contributed by atoms with Gasteiger partial charge >= 0.3 is 0 Å². The van der Waals surface area contributed by atoms with Crippen molar-refractivity contribution in [1.29, 1.82) is 0 Å². The topological polar surface area (TPSA) is 63.2 Å². The maximum atomic E-state index is 11.9. The standard InChI is InChI=1S/C10H19NO3S/c1-2-3-8-15(13,14)9-4-5-10(12)11-7-6-9/h9H,2-8H2,1H3,(H,11,12). The maximum absolute atomic E-state index is 11.9. The fraction of sp³-hybridized carbons (Fsp3) is 0.900. The van der Waals surface area contributed by atoms with Gasteiger partial charge in [0.2, 0.25) is 5.91 Å². The van der Waals surface area contributed by atoms with Crippen LogP contribution < -0.4 is 5.32 Å². The van der Waals surface area contributed by atoms with Crippen LogP contribution in [0.5, 0.6) is 0 Å². The van der Waals surface area contributed by atoms with Gasteiger partial charge in [-0.05, 0) is 19.3 Å². The van der Waals surface area contributed by atoms with Gasteiger partial charge in [0.25, 0.3) is 0 Å². The maximum Gasteiger partial charge on any atom is 0.220 e. The first kappa shape index (κ1) is 12.5. The predicted octanol–water partition coefficient (Wildman–Crippen LogP) is 0.870. The van der Waals surface area contributed by atoms with E-state index in [1.54, 1.807) is 0 Å². The summed E-state index contributed by atoms with van der Waals surface area (Å²) in [6, 6.07) is 0. The highest BCUT2D eigenvalue weighted by atomic mass is 32.2. The lowest BCUT2D eigenvalue weighted by molar-refractivity contribution is -0.120. The summed E-state index contributed by atoms with van der Waals surface area (Å²) < 4.78 is 23.7. The Hall–Kier alpha value is -0.580. The van der Waals surface area contributed by atoms with Crippen LogP contribution >= 0.6 is 0 Å². The molecule has 0 aliphatic carbocycles. The summed E-state index contributed by atoms with van der Waals surface area (Å²) in [6.07, 6.45) is 3.01. The third-order valence-electron chi connectivity index (χ3n) is 2.77. The highest BCUT2D eigenvalue weighted by Crippen LogP contribution is 2.17. The molecule has 15 heavy (non-hydrogen) atoms. The Morgan fingerprint density at radius 1 is 1.40 bits per heavy atom. The van der Waals surface area contributed by atoms with E-state index in [9.17, 15) is 13.2 Å². The van der Waals surface area contributed by atoms with Crippen LogP contribution in [0.4, 0.5) is 0 Å². The predicted molar refractivity (Wildman–Crippen MR) is 59.3 cm³/mol. The largest absolute Gasteiger partial charge is 0.356 e. The molecule has 1 rings (SSSR count). The van der Waals surface area contributed by atoms with Gasteiger partial charge in [-0.1, -0.05) is 13.3 Å². The molecule has 1 aliphatic heterocycles. The summed E-state index contributed by atoms with van der Waals surface area (Å²) >= 11 is 0. The number of carbonyl (C=O) groups excluding carboxylic acids is 1. The van der Waals surface area contributed by atoms with Crippen molar-refractivity contribution >= 4 is 15.7 Å². The number of rotatable bonds is 4. The summed E-state index contributed by atoms with van der Waals surface area (Å²) in [5.41, 5.74) is 0. The highest BCUT2D eigenvalue weighted by Gasteiger charge is 2.27. The molecule has 1 N–H and O–H groups in total. The molecule has 1 aliphatic rings. The second-order valence-electron chi connectivity index (χ2n) is 4.02. The van der Waals surface area contributed by atoms with Crippen LogP contribution in [0.25, 0.3) is 0 Å². The van der Waals surface area contributed by atoms with Crippen molar-refractivity contribution in [3.63, 3.8) is 0 Å². The van der Waals surface area contributed by atoms with Crippen LogP contribution in [0.2, 0.25) is 0 Å². The van der Waals surface area contributed by atoms with E-state index in [4.69, 9.17) is 0 Å². The minimum atomic E-state index is -2.98. The lowest BCUT2D eigenvalue weighted by Gasteiger charge is -2.13. The van der Waals surface area contributed by atoms with E-state index in [1.165, 1.54) is 0 Å². The van der Waals surface area contributed by atoms with Gasteiger partial charge in [0, 0.05) is 13.0 Å². The first-order valence-electron chi connectivity index (χ1n) is 5.54. The molecule has 0 spiro atoms.